The van der Waals surface area contributed by atoms with Crippen molar-refractivity contribution in [3.63, 3.8) is 0 Å². The Morgan fingerprint density at radius 3 is 2.62 bits per heavy atom. The SMILES string of the molecule is CC1=CC(C)OC2(CCCCC2)C1. The summed E-state index contributed by atoms with van der Waals surface area (Å²) in [5.41, 5.74) is 1.76. The van der Waals surface area contributed by atoms with Crippen LogP contribution in [0.4, 0.5) is 0 Å². The van der Waals surface area contributed by atoms with Crippen molar-refractivity contribution in [2.75, 3.05) is 0 Å². The van der Waals surface area contributed by atoms with Crippen molar-refractivity contribution in [3.05, 3.63) is 11.6 Å². The first-order chi connectivity index (χ1) is 6.20. The van der Waals surface area contributed by atoms with Gasteiger partial charge in [0.2, 0.25) is 0 Å². The predicted molar refractivity (Wildman–Crippen MR) is 54.7 cm³/mol. The summed E-state index contributed by atoms with van der Waals surface area (Å²) in [6, 6.07) is 0. The Morgan fingerprint density at radius 1 is 1.31 bits per heavy atom. The molecule has 0 aromatic carbocycles. The Kier molecular flexibility index (Phi) is 2.46. The van der Waals surface area contributed by atoms with Crippen LogP contribution in [0.2, 0.25) is 0 Å². The molecule has 1 unspecified atom stereocenters. The van der Waals surface area contributed by atoms with Gasteiger partial charge in [-0.3, -0.25) is 0 Å². The summed E-state index contributed by atoms with van der Waals surface area (Å²) in [6.45, 7) is 4.41. The predicted octanol–water partition coefficient (Wildman–Crippen LogP) is 3.44. The molecule has 1 aliphatic heterocycles. The molecule has 1 atom stereocenters. The molecule has 2 aliphatic rings. The Bertz CT molecular complexity index is 211. The molecule has 13 heavy (non-hydrogen) atoms. The maximum Gasteiger partial charge on any atom is 0.0737 e. The van der Waals surface area contributed by atoms with E-state index in [-0.39, 0.29) is 5.60 Å². The van der Waals surface area contributed by atoms with E-state index in [9.17, 15) is 0 Å². The van der Waals surface area contributed by atoms with Crippen LogP contribution in [0.25, 0.3) is 0 Å². The van der Waals surface area contributed by atoms with Crippen LogP contribution in [0.15, 0.2) is 11.6 Å². The van der Waals surface area contributed by atoms with Gasteiger partial charge in [-0.25, -0.2) is 0 Å². The maximum atomic E-state index is 6.11. The first kappa shape index (κ1) is 9.26. The van der Waals surface area contributed by atoms with E-state index >= 15 is 0 Å². The van der Waals surface area contributed by atoms with Crippen LogP contribution in [-0.4, -0.2) is 11.7 Å². The zero-order valence-corrected chi connectivity index (χ0v) is 8.81. The Hall–Kier alpha value is -0.300. The van der Waals surface area contributed by atoms with E-state index in [1.165, 1.54) is 44.1 Å². The molecule has 1 aliphatic carbocycles. The Balaban J connectivity index is 2.10. The molecule has 0 N–H and O–H groups in total. The first-order valence-electron chi connectivity index (χ1n) is 5.55. The van der Waals surface area contributed by atoms with Crippen molar-refractivity contribution in [2.24, 2.45) is 0 Å². The van der Waals surface area contributed by atoms with E-state index in [0.717, 1.165) is 0 Å². The van der Waals surface area contributed by atoms with Crippen LogP contribution in [0.5, 0.6) is 0 Å². The Morgan fingerprint density at radius 2 is 2.00 bits per heavy atom. The van der Waals surface area contributed by atoms with E-state index in [4.69, 9.17) is 4.74 Å². The number of ether oxygens (including phenoxy) is 1. The molecule has 74 valence electrons. The lowest BCUT2D eigenvalue weighted by molar-refractivity contribution is -0.0992. The minimum atomic E-state index is 0.233. The van der Waals surface area contributed by atoms with Crippen molar-refractivity contribution in [1.82, 2.24) is 0 Å². The quantitative estimate of drug-likeness (QED) is 0.519. The van der Waals surface area contributed by atoms with Crippen molar-refractivity contribution in [1.29, 1.82) is 0 Å². The van der Waals surface area contributed by atoms with E-state index in [2.05, 4.69) is 19.9 Å². The largest absolute Gasteiger partial charge is 0.368 e. The van der Waals surface area contributed by atoms with Crippen molar-refractivity contribution in [3.8, 4) is 0 Å². The fourth-order valence-electron chi connectivity index (χ4n) is 2.93. The van der Waals surface area contributed by atoms with Crippen LogP contribution in [0.1, 0.15) is 52.4 Å². The molecule has 0 aromatic rings. The lowest BCUT2D eigenvalue weighted by atomic mass is 9.79. The minimum absolute atomic E-state index is 0.233. The highest BCUT2D eigenvalue weighted by atomic mass is 16.5. The number of hydrogen-bond donors (Lipinski definition) is 0. The van der Waals surface area contributed by atoms with Gasteiger partial charge in [0, 0.05) is 0 Å². The van der Waals surface area contributed by atoms with Gasteiger partial charge in [0.05, 0.1) is 11.7 Å². The second-order valence-corrected chi connectivity index (χ2v) is 4.76. The smallest absolute Gasteiger partial charge is 0.0737 e. The van der Waals surface area contributed by atoms with Crippen LogP contribution in [-0.2, 0) is 4.74 Å². The van der Waals surface area contributed by atoms with Gasteiger partial charge >= 0.3 is 0 Å². The molecule has 0 aromatic heterocycles. The zero-order chi connectivity index (χ0) is 9.31. The van der Waals surface area contributed by atoms with Crippen molar-refractivity contribution >= 4 is 0 Å². The summed E-state index contributed by atoms with van der Waals surface area (Å²) in [5.74, 6) is 0. The summed E-state index contributed by atoms with van der Waals surface area (Å²) in [4.78, 5) is 0. The van der Waals surface area contributed by atoms with Gasteiger partial charge in [0.15, 0.2) is 0 Å². The van der Waals surface area contributed by atoms with Gasteiger partial charge in [-0.15, -0.1) is 0 Å². The van der Waals surface area contributed by atoms with Gasteiger partial charge in [0.25, 0.3) is 0 Å². The molecular weight excluding hydrogens is 160 g/mol. The molecule has 1 heterocycles. The third-order valence-electron chi connectivity index (χ3n) is 3.32. The molecule has 2 rings (SSSR count). The molecule has 1 nitrogen and oxygen atoms in total. The van der Waals surface area contributed by atoms with Crippen LogP contribution >= 0.6 is 0 Å². The maximum absolute atomic E-state index is 6.11. The highest BCUT2D eigenvalue weighted by molar-refractivity contribution is 5.11. The molecule has 0 amide bonds. The summed E-state index contributed by atoms with van der Waals surface area (Å²) < 4.78 is 6.11. The van der Waals surface area contributed by atoms with Crippen LogP contribution in [0.3, 0.4) is 0 Å². The summed E-state index contributed by atoms with van der Waals surface area (Å²) in [5, 5.41) is 0. The fraction of sp³-hybridized carbons (Fsp3) is 0.833. The standard InChI is InChI=1S/C12H20O/c1-10-8-11(2)13-12(9-10)6-4-3-5-7-12/h8,11H,3-7,9H2,1-2H3. The van der Waals surface area contributed by atoms with E-state index in [0.29, 0.717) is 6.10 Å². The van der Waals surface area contributed by atoms with Gasteiger partial charge in [0.1, 0.15) is 0 Å². The highest BCUT2D eigenvalue weighted by Crippen LogP contribution is 2.40. The molecular formula is C12H20O. The first-order valence-corrected chi connectivity index (χ1v) is 5.55. The molecule has 0 bridgehead atoms. The van der Waals surface area contributed by atoms with Crippen molar-refractivity contribution < 1.29 is 4.74 Å². The van der Waals surface area contributed by atoms with E-state index < -0.39 is 0 Å². The molecule has 1 heteroatoms. The molecule has 1 spiro atoms. The summed E-state index contributed by atoms with van der Waals surface area (Å²) in [7, 11) is 0. The number of rotatable bonds is 0. The van der Waals surface area contributed by atoms with E-state index in [1.54, 1.807) is 0 Å². The van der Waals surface area contributed by atoms with Gasteiger partial charge in [-0.1, -0.05) is 30.9 Å². The second kappa shape index (κ2) is 3.45. The normalized spacial score (nSPS) is 33.1. The molecule has 1 fully saturated rings. The van der Waals surface area contributed by atoms with Crippen LogP contribution < -0.4 is 0 Å². The third kappa shape index (κ3) is 1.96. The second-order valence-electron chi connectivity index (χ2n) is 4.76. The topological polar surface area (TPSA) is 9.23 Å². The summed E-state index contributed by atoms with van der Waals surface area (Å²) in [6.07, 6.45) is 10.5. The monoisotopic (exact) mass is 180 g/mol. The molecule has 0 radical (unpaired) electrons. The van der Waals surface area contributed by atoms with Gasteiger partial charge in [-0.05, 0) is 33.1 Å². The fourth-order valence-corrected chi connectivity index (χ4v) is 2.93. The lowest BCUT2D eigenvalue weighted by Gasteiger charge is -2.42. The van der Waals surface area contributed by atoms with Gasteiger partial charge in [-0.2, -0.15) is 0 Å². The summed E-state index contributed by atoms with van der Waals surface area (Å²) >= 11 is 0. The zero-order valence-electron chi connectivity index (χ0n) is 8.81. The van der Waals surface area contributed by atoms with Gasteiger partial charge < -0.3 is 4.74 Å². The minimum Gasteiger partial charge on any atom is -0.368 e. The Labute approximate surface area is 81.2 Å². The van der Waals surface area contributed by atoms with Crippen LogP contribution in [0, 0.1) is 0 Å². The number of hydrogen-bond acceptors (Lipinski definition) is 1. The average molecular weight is 180 g/mol. The van der Waals surface area contributed by atoms with E-state index in [1.807, 2.05) is 0 Å². The van der Waals surface area contributed by atoms with Crippen molar-refractivity contribution in [2.45, 2.75) is 64.1 Å². The lowest BCUT2D eigenvalue weighted by Crippen LogP contribution is -2.40. The molecule has 0 saturated heterocycles. The average Bonchev–Trinajstić information content (AvgIpc) is 2.02. The third-order valence-corrected chi connectivity index (χ3v) is 3.32. The molecule has 1 saturated carbocycles. The highest BCUT2D eigenvalue weighted by Gasteiger charge is 2.36.